The number of rotatable bonds is 1. The molecule has 6 heteroatoms. The molecule has 0 radical (unpaired) electrons. The third-order valence-electron chi connectivity index (χ3n) is 1.80. The van der Waals surface area contributed by atoms with Crippen LogP contribution in [0.3, 0.4) is 0 Å². The van der Waals surface area contributed by atoms with Crippen molar-refractivity contribution in [1.82, 2.24) is 0 Å². The normalized spacial score (nSPS) is 13.6. The molecule has 0 bridgehead atoms. The van der Waals surface area contributed by atoms with Crippen LogP contribution in [0.15, 0.2) is 34.3 Å². The summed E-state index contributed by atoms with van der Waals surface area (Å²) in [5.41, 5.74) is 11.9. The van der Waals surface area contributed by atoms with Crippen LogP contribution in [0.4, 0.5) is 5.69 Å². The van der Waals surface area contributed by atoms with Gasteiger partial charge in [0.15, 0.2) is 0 Å². The van der Waals surface area contributed by atoms with Crippen LogP contribution < -0.4 is 16.8 Å². The molecule has 0 aliphatic rings. The lowest BCUT2D eigenvalue weighted by atomic mass is 10.1. The summed E-state index contributed by atoms with van der Waals surface area (Å²) >= 11 is 5.78. The van der Waals surface area contributed by atoms with E-state index in [2.05, 4.69) is 15.3 Å². The predicted molar refractivity (Wildman–Crippen MR) is 78.1 cm³/mol. The van der Waals surface area contributed by atoms with E-state index in [0.717, 1.165) is 5.69 Å². The predicted octanol–water partition coefficient (Wildman–Crippen LogP) is 2.18. The van der Waals surface area contributed by atoms with Crippen LogP contribution in [0.25, 0.3) is 0 Å². The van der Waals surface area contributed by atoms with Crippen LogP contribution in [0, 0.1) is 0 Å². The molecule has 0 fully saturated rings. The molecule has 1 rings (SSSR count). The van der Waals surface area contributed by atoms with E-state index in [4.69, 9.17) is 23.1 Å². The van der Waals surface area contributed by atoms with Crippen LogP contribution >= 0.6 is 11.6 Å². The Morgan fingerprint density at radius 1 is 1.17 bits per heavy atom. The number of anilines is 1. The monoisotopic (exact) mass is 267 g/mol. The van der Waals surface area contributed by atoms with Gasteiger partial charge >= 0.3 is 0 Å². The van der Waals surface area contributed by atoms with Gasteiger partial charge in [-0.3, -0.25) is 0 Å². The molecule has 1 aromatic rings. The second kappa shape index (κ2) is 5.73. The van der Waals surface area contributed by atoms with Crippen LogP contribution in [0.2, 0.25) is 5.02 Å². The Morgan fingerprint density at radius 2 is 1.72 bits per heavy atom. The number of guanidine groups is 2. The number of aliphatic imine (C=N–C) groups is 2. The van der Waals surface area contributed by atoms with Crippen LogP contribution in [-0.2, 0) is 0 Å². The second-order valence-electron chi connectivity index (χ2n) is 4.77. The Kier molecular flexibility index (Phi) is 4.55. The zero-order valence-corrected chi connectivity index (χ0v) is 11.5. The standard InChI is InChI=1S/C12H18ClN5/c1-12(2,3)18-11(15)17-10(14)16-9-6-4-8(13)5-7-9/h4-7H,1-3H3,(H5,14,15,16,17,18). The fraction of sp³-hybridized carbons (Fsp3) is 0.333. The van der Waals surface area contributed by atoms with Crippen molar-refractivity contribution in [2.45, 2.75) is 26.3 Å². The van der Waals surface area contributed by atoms with Gasteiger partial charge in [0.2, 0.25) is 11.9 Å². The first-order valence-corrected chi connectivity index (χ1v) is 5.86. The number of halogens is 1. The summed E-state index contributed by atoms with van der Waals surface area (Å²) in [5, 5.41) is 3.55. The van der Waals surface area contributed by atoms with Crippen LogP contribution in [0.5, 0.6) is 0 Å². The Hall–Kier alpha value is -1.75. The molecule has 0 unspecified atom stereocenters. The van der Waals surface area contributed by atoms with Gasteiger partial charge < -0.3 is 16.8 Å². The largest absolute Gasteiger partial charge is 0.369 e. The van der Waals surface area contributed by atoms with E-state index in [1.807, 2.05) is 20.8 Å². The summed E-state index contributed by atoms with van der Waals surface area (Å²) < 4.78 is 0. The molecule has 0 heterocycles. The first kappa shape index (κ1) is 14.3. The molecule has 0 aliphatic carbocycles. The number of benzene rings is 1. The van der Waals surface area contributed by atoms with Crippen molar-refractivity contribution in [1.29, 1.82) is 0 Å². The highest BCUT2D eigenvalue weighted by molar-refractivity contribution is 6.30. The molecule has 0 amide bonds. The maximum Gasteiger partial charge on any atom is 0.219 e. The average Bonchev–Trinajstić information content (AvgIpc) is 2.18. The van der Waals surface area contributed by atoms with Crippen molar-refractivity contribution in [2.75, 3.05) is 5.32 Å². The van der Waals surface area contributed by atoms with Gasteiger partial charge in [-0.05, 0) is 45.0 Å². The summed E-state index contributed by atoms with van der Waals surface area (Å²) in [5.74, 6) is 0.323. The summed E-state index contributed by atoms with van der Waals surface area (Å²) in [4.78, 5) is 8.13. The molecule has 98 valence electrons. The van der Waals surface area contributed by atoms with Gasteiger partial charge in [-0.2, -0.15) is 4.99 Å². The van der Waals surface area contributed by atoms with E-state index in [1.54, 1.807) is 24.3 Å². The maximum atomic E-state index is 5.78. The van der Waals surface area contributed by atoms with E-state index >= 15 is 0 Å². The third kappa shape index (κ3) is 5.54. The molecular formula is C12H18ClN5. The van der Waals surface area contributed by atoms with Crippen molar-refractivity contribution >= 4 is 29.2 Å². The van der Waals surface area contributed by atoms with Gasteiger partial charge in [0.1, 0.15) is 0 Å². The van der Waals surface area contributed by atoms with Crippen molar-refractivity contribution in [2.24, 2.45) is 21.5 Å². The number of hydrogen-bond donors (Lipinski definition) is 3. The Morgan fingerprint density at radius 3 is 2.22 bits per heavy atom. The highest BCUT2D eigenvalue weighted by atomic mass is 35.5. The third-order valence-corrected chi connectivity index (χ3v) is 2.05. The molecule has 0 atom stereocenters. The maximum absolute atomic E-state index is 5.78. The van der Waals surface area contributed by atoms with Crippen molar-refractivity contribution < 1.29 is 0 Å². The van der Waals surface area contributed by atoms with E-state index < -0.39 is 0 Å². The fourth-order valence-electron chi connectivity index (χ4n) is 1.20. The van der Waals surface area contributed by atoms with E-state index in [-0.39, 0.29) is 17.5 Å². The van der Waals surface area contributed by atoms with Gasteiger partial charge in [-0.15, -0.1) is 0 Å². The van der Waals surface area contributed by atoms with Gasteiger partial charge in [0, 0.05) is 10.7 Å². The number of hydrogen-bond acceptors (Lipinski definition) is 1. The second-order valence-corrected chi connectivity index (χ2v) is 5.21. The minimum absolute atomic E-state index is 0.140. The van der Waals surface area contributed by atoms with E-state index in [1.165, 1.54) is 0 Å². The minimum atomic E-state index is -0.284. The lowest BCUT2D eigenvalue weighted by molar-refractivity contribution is 0.582. The molecule has 0 saturated heterocycles. The summed E-state index contributed by atoms with van der Waals surface area (Å²) in [6, 6.07) is 7.09. The molecule has 5 N–H and O–H groups in total. The summed E-state index contributed by atoms with van der Waals surface area (Å²) in [6.45, 7) is 5.79. The van der Waals surface area contributed by atoms with Crippen LogP contribution in [0.1, 0.15) is 20.8 Å². The zero-order chi connectivity index (χ0) is 13.8. The minimum Gasteiger partial charge on any atom is -0.369 e. The zero-order valence-electron chi connectivity index (χ0n) is 10.7. The van der Waals surface area contributed by atoms with Crippen molar-refractivity contribution in [3.8, 4) is 0 Å². The molecule has 0 aromatic heterocycles. The quantitative estimate of drug-likeness (QED) is 0.538. The van der Waals surface area contributed by atoms with Gasteiger partial charge in [0.25, 0.3) is 0 Å². The van der Waals surface area contributed by atoms with Gasteiger partial charge in [-0.1, -0.05) is 11.6 Å². The SMILES string of the molecule is CC(C)(C)N=C(N)/N=C(\N)Nc1ccc(Cl)cc1. The van der Waals surface area contributed by atoms with Gasteiger partial charge in [0.05, 0.1) is 5.54 Å². The number of nitrogens with one attached hydrogen (secondary N) is 1. The Balaban J connectivity index is 2.73. The number of nitrogens with two attached hydrogens (primary N) is 2. The van der Waals surface area contributed by atoms with Crippen LogP contribution in [-0.4, -0.2) is 17.5 Å². The molecule has 5 nitrogen and oxygen atoms in total. The summed E-state index contributed by atoms with van der Waals surface area (Å²) in [6.07, 6.45) is 0. The van der Waals surface area contributed by atoms with E-state index in [0.29, 0.717) is 5.02 Å². The van der Waals surface area contributed by atoms with E-state index in [9.17, 15) is 0 Å². The Labute approximate surface area is 112 Å². The number of nitrogens with zero attached hydrogens (tertiary/aromatic N) is 2. The van der Waals surface area contributed by atoms with Crippen molar-refractivity contribution in [3.63, 3.8) is 0 Å². The molecule has 0 saturated carbocycles. The topological polar surface area (TPSA) is 88.8 Å². The lowest BCUT2D eigenvalue weighted by Crippen LogP contribution is -2.27. The van der Waals surface area contributed by atoms with Gasteiger partial charge in [-0.25, -0.2) is 4.99 Å². The molecule has 1 aromatic carbocycles. The fourth-order valence-corrected chi connectivity index (χ4v) is 1.33. The molecule has 0 spiro atoms. The molecular weight excluding hydrogens is 250 g/mol. The summed E-state index contributed by atoms with van der Waals surface area (Å²) in [7, 11) is 0. The first-order valence-electron chi connectivity index (χ1n) is 5.48. The lowest BCUT2D eigenvalue weighted by Gasteiger charge is -2.12. The molecule has 0 aliphatic heterocycles. The molecule has 18 heavy (non-hydrogen) atoms. The van der Waals surface area contributed by atoms with Crippen molar-refractivity contribution in [3.05, 3.63) is 29.3 Å². The highest BCUT2D eigenvalue weighted by Gasteiger charge is 2.07. The Bertz CT molecular complexity index is 456. The first-order chi connectivity index (χ1) is 8.26. The highest BCUT2D eigenvalue weighted by Crippen LogP contribution is 2.13. The smallest absolute Gasteiger partial charge is 0.219 e. The average molecular weight is 268 g/mol.